The number of amides is 1. The van der Waals surface area contributed by atoms with Crippen LogP contribution in [0.1, 0.15) is 59.5 Å². The maximum Gasteiger partial charge on any atom is 0.255 e. The highest BCUT2D eigenvalue weighted by molar-refractivity contribution is 6.06. The average molecular weight is 400 g/mol. The smallest absolute Gasteiger partial charge is 0.255 e. The normalized spacial score (nSPS) is 14.3. The van der Waals surface area contributed by atoms with Crippen molar-refractivity contribution in [3.63, 3.8) is 0 Å². The predicted molar refractivity (Wildman–Crippen MR) is 123 cm³/mol. The molecule has 1 saturated carbocycles. The summed E-state index contributed by atoms with van der Waals surface area (Å²) in [6, 6.07) is 22.2. The van der Waals surface area contributed by atoms with Gasteiger partial charge in [0, 0.05) is 11.3 Å². The SMILES string of the molecule is COc1ccc(-c2cccc(C(=O)Nc3ccc(C4CCCCC4)cc3)c2C)cc1. The molecule has 1 aliphatic rings. The van der Waals surface area contributed by atoms with Gasteiger partial charge in [-0.1, -0.05) is 55.7 Å². The highest BCUT2D eigenvalue weighted by atomic mass is 16.5. The molecule has 3 aromatic carbocycles. The topological polar surface area (TPSA) is 38.3 Å². The van der Waals surface area contributed by atoms with Crippen molar-refractivity contribution >= 4 is 11.6 Å². The van der Waals surface area contributed by atoms with E-state index in [1.54, 1.807) is 7.11 Å². The van der Waals surface area contributed by atoms with Crippen LogP contribution in [0.15, 0.2) is 66.7 Å². The zero-order valence-corrected chi connectivity index (χ0v) is 17.8. The van der Waals surface area contributed by atoms with Crippen LogP contribution in [-0.4, -0.2) is 13.0 Å². The molecule has 30 heavy (non-hydrogen) atoms. The molecule has 1 aliphatic carbocycles. The van der Waals surface area contributed by atoms with Crippen molar-refractivity contribution in [1.29, 1.82) is 0 Å². The van der Waals surface area contributed by atoms with Gasteiger partial charge in [-0.2, -0.15) is 0 Å². The van der Waals surface area contributed by atoms with Crippen LogP contribution in [0.2, 0.25) is 0 Å². The zero-order chi connectivity index (χ0) is 20.9. The van der Waals surface area contributed by atoms with Crippen LogP contribution in [0.25, 0.3) is 11.1 Å². The Bertz CT molecular complexity index is 1000. The molecule has 3 nitrogen and oxygen atoms in total. The Balaban J connectivity index is 1.50. The summed E-state index contributed by atoms with van der Waals surface area (Å²) in [5, 5.41) is 3.07. The second-order valence-corrected chi connectivity index (χ2v) is 8.12. The Labute approximate surface area is 179 Å². The number of rotatable bonds is 5. The van der Waals surface area contributed by atoms with E-state index in [-0.39, 0.29) is 5.91 Å². The lowest BCUT2D eigenvalue weighted by Gasteiger charge is -2.22. The van der Waals surface area contributed by atoms with Crippen molar-refractivity contribution in [2.75, 3.05) is 12.4 Å². The van der Waals surface area contributed by atoms with Crippen LogP contribution in [-0.2, 0) is 0 Å². The van der Waals surface area contributed by atoms with Gasteiger partial charge in [-0.25, -0.2) is 0 Å². The molecule has 0 aliphatic heterocycles. The Hall–Kier alpha value is -3.07. The van der Waals surface area contributed by atoms with Crippen LogP contribution in [0.3, 0.4) is 0 Å². The van der Waals surface area contributed by atoms with E-state index >= 15 is 0 Å². The second kappa shape index (κ2) is 9.17. The summed E-state index contributed by atoms with van der Waals surface area (Å²) < 4.78 is 5.25. The molecule has 3 heteroatoms. The lowest BCUT2D eigenvalue weighted by molar-refractivity contribution is 0.102. The molecule has 1 fully saturated rings. The number of anilines is 1. The number of carbonyl (C=O) groups excluding carboxylic acids is 1. The average Bonchev–Trinajstić information content (AvgIpc) is 2.80. The monoisotopic (exact) mass is 399 g/mol. The molecule has 3 aromatic rings. The third-order valence-corrected chi connectivity index (χ3v) is 6.22. The highest BCUT2D eigenvalue weighted by Crippen LogP contribution is 2.33. The molecule has 0 aromatic heterocycles. The van der Waals surface area contributed by atoms with Crippen molar-refractivity contribution in [2.45, 2.75) is 44.9 Å². The fourth-order valence-electron chi connectivity index (χ4n) is 4.44. The first-order chi connectivity index (χ1) is 14.7. The summed E-state index contributed by atoms with van der Waals surface area (Å²) in [6.45, 7) is 2.00. The van der Waals surface area contributed by atoms with E-state index in [1.165, 1.54) is 37.7 Å². The molecule has 0 radical (unpaired) electrons. The molecular formula is C27H29NO2. The Morgan fingerprint density at radius 1 is 0.900 bits per heavy atom. The summed E-state index contributed by atoms with van der Waals surface area (Å²) in [6.07, 6.45) is 6.58. The van der Waals surface area contributed by atoms with E-state index < -0.39 is 0 Å². The van der Waals surface area contributed by atoms with Gasteiger partial charge in [0.2, 0.25) is 0 Å². The second-order valence-electron chi connectivity index (χ2n) is 8.12. The first-order valence-corrected chi connectivity index (χ1v) is 10.8. The number of benzene rings is 3. The number of methoxy groups -OCH3 is 1. The van der Waals surface area contributed by atoms with E-state index in [9.17, 15) is 4.79 Å². The largest absolute Gasteiger partial charge is 0.497 e. The predicted octanol–water partition coefficient (Wildman–Crippen LogP) is 6.97. The molecule has 0 heterocycles. The van der Waals surface area contributed by atoms with Gasteiger partial charge < -0.3 is 10.1 Å². The van der Waals surface area contributed by atoms with Gasteiger partial charge in [-0.15, -0.1) is 0 Å². The van der Waals surface area contributed by atoms with E-state index in [4.69, 9.17) is 4.74 Å². The molecule has 1 amide bonds. The third-order valence-electron chi connectivity index (χ3n) is 6.22. The van der Waals surface area contributed by atoms with Gasteiger partial charge in [-0.3, -0.25) is 4.79 Å². The number of hydrogen-bond acceptors (Lipinski definition) is 2. The summed E-state index contributed by atoms with van der Waals surface area (Å²) >= 11 is 0. The van der Waals surface area contributed by atoms with E-state index in [1.807, 2.05) is 61.5 Å². The number of ether oxygens (including phenoxy) is 1. The first-order valence-electron chi connectivity index (χ1n) is 10.8. The minimum absolute atomic E-state index is 0.0757. The fraction of sp³-hybridized carbons (Fsp3) is 0.296. The van der Waals surface area contributed by atoms with Crippen LogP contribution < -0.4 is 10.1 Å². The highest BCUT2D eigenvalue weighted by Gasteiger charge is 2.16. The fourth-order valence-corrected chi connectivity index (χ4v) is 4.44. The molecule has 0 bridgehead atoms. The Morgan fingerprint density at radius 2 is 1.60 bits per heavy atom. The van der Waals surface area contributed by atoms with E-state index in [2.05, 4.69) is 17.4 Å². The van der Waals surface area contributed by atoms with Crippen molar-refractivity contribution in [2.24, 2.45) is 0 Å². The van der Waals surface area contributed by atoms with Crippen molar-refractivity contribution < 1.29 is 9.53 Å². The lowest BCUT2D eigenvalue weighted by Crippen LogP contribution is -2.14. The minimum atomic E-state index is -0.0757. The van der Waals surface area contributed by atoms with Crippen LogP contribution in [0, 0.1) is 6.92 Å². The molecule has 0 atom stereocenters. The third kappa shape index (κ3) is 4.40. The van der Waals surface area contributed by atoms with Gasteiger partial charge in [0.05, 0.1) is 7.11 Å². The van der Waals surface area contributed by atoms with Crippen molar-refractivity contribution in [3.8, 4) is 16.9 Å². The minimum Gasteiger partial charge on any atom is -0.497 e. The van der Waals surface area contributed by atoms with Crippen LogP contribution in [0.4, 0.5) is 5.69 Å². The van der Waals surface area contributed by atoms with Gasteiger partial charge in [0.25, 0.3) is 5.91 Å². The number of hydrogen-bond donors (Lipinski definition) is 1. The van der Waals surface area contributed by atoms with Gasteiger partial charge in [0.15, 0.2) is 0 Å². The zero-order valence-electron chi connectivity index (χ0n) is 17.8. The van der Waals surface area contributed by atoms with E-state index in [0.29, 0.717) is 11.5 Å². The van der Waals surface area contributed by atoms with Crippen molar-refractivity contribution in [3.05, 3.63) is 83.4 Å². The van der Waals surface area contributed by atoms with Gasteiger partial charge in [0.1, 0.15) is 5.75 Å². The maximum absolute atomic E-state index is 13.0. The van der Waals surface area contributed by atoms with Gasteiger partial charge in [-0.05, 0) is 78.3 Å². The Kier molecular flexibility index (Phi) is 6.18. The molecule has 0 saturated heterocycles. The summed E-state index contributed by atoms with van der Waals surface area (Å²) in [5.74, 6) is 1.42. The number of nitrogens with one attached hydrogen (secondary N) is 1. The molecule has 4 rings (SSSR count). The molecular weight excluding hydrogens is 370 g/mol. The van der Waals surface area contributed by atoms with E-state index in [0.717, 1.165) is 28.1 Å². The maximum atomic E-state index is 13.0. The molecule has 1 N–H and O–H groups in total. The number of carbonyl (C=O) groups is 1. The summed E-state index contributed by atoms with van der Waals surface area (Å²) in [4.78, 5) is 13.0. The first kappa shape index (κ1) is 20.2. The summed E-state index contributed by atoms with van der Waals surface area (Å²) in [7, 11) is 1.66. The lowest BCUT2D eigenvalue weighted by atomic mass is 9.84. The summed E-state index contributed by atoms with van der Waals surface area (Å²) in [5.41, 5.74) is 6.02. The molecule has 0 unspecified atom stereocenters. The molecule has 0 spiro atoms. The standard InChI is InChI=1S/C27H29NO2/c1-19-25(22-13-17-24(30-2)18-14-22)9-6-10-26(19)27(29)28-23-15-11-21(12-16-23)20-7-4-3-5-8-20/h6,9-18,20H,3-5,7-8H2,1-2H3,(H,28,29). The van der Waals surface area contributed by atoms with Gasteiger partial charge >= 0.3 is 0 Å². The van der Waals surface area contributed by atoms with Crippen LogP contribution >= 0.6 is 0 Å². The Morgan fingerprint density at radius 3 is 2.27 bits per heavy atom. The van der Waals surface area contributed by atoms with Crippen LogP contribution in [0.5, 0.6) is 5.75 Å². The van der Waals surface area contributed by atoms with Crippen molar-refractivity contribution in [1.82, 2.24) is 0 Å². The molecule has 154 valence electrons. The quantitative estimate of drug-likeness (QED) is 0.503.